The lowest BCUT2D eigenvalue weighted by Crippen LogP contribution is -2.67. The summed E-state index contributed by atoms with van der Waals surface area (Å²) >= 11 is 0. The first-order valence-electron chi connectivity index (χ1n) is 17.9. The molecule has 4 amide bonds. The maximum Gasteiger partial charge on any atom is 0.407 e. The molecule has 0 radical (unpaired) electrons. The van der Waals surface area contributed by atoms with Gasteiger partial charge in [-0.2, -0.15) is 0 Å². The highest BCUT2D eigenvalue weighted by atomic mass is 19.3. The molecular formula is C36H53F2N5O7. The number of rotatable bonds is 10. The minimum atomic E-state index is -2.87. The Morgan fingerprint density at radius 3 is 2.46 bits per heavy atom. The van der Waals surface area contributed by atoms with Crippen molar-refractivity contribution in [1.82, 2.24) is 25.3 Å². The van der Waals surface area contributed by atoms with Gasteiger partial charge in [0.05, 0.1) is 18.8 Å². The second kappa shape index (κ2) is 15.4. The molecule has 5 rings (SSSR count). The van der Waals surface area contributed by atoms with Crippen molar-refractivity contribution in [3.8, 4) is 5.75 Å². The summed E-state index contributed by atoms with van der Waals surface area (Å²) < 4.78 is 40.4. The average molecular weight is 706 g/mol. The number of carbonyl (C=O) groups is 4. The van der Waals surface area contributed by atoms with Gasteiger partial charge in [0.15, 0.2) is 0 Å². The van der Waals surface area contributed by atoms with Crippen LogP contribution in [-0.4, -0.2) is 119 Å². The fraction of sp³-hybridized carbons (Fsp3) is 0.722. The van der Waals surface area contributed by atoms with Crippen molar-refractivity contribution >= 4 is 23.8 Å². The second-order valence-electron chi connectivity index (χ2n) is 15.5. The van der Waals surface area contributed by atoms with Crippen molar-refractivity contribution in [2.45, 2.75) is 115 Å². The number of piperazine rings is 1. The van der Waals surface area contributed by atoms with Gasteiger partial charge in [-0.05, 0) is 50.5 Å². The van der Waals surface area contributed by atoms with E-state index in [2.05, 4.69) is 15.5 Å². The number of nitrogens with zero attached hydrogens (tertiary/aromatic N) is 3. The number of benzene rings is 1. The van der Waals surface area contributed by atoms with Crippen LogP contribution in [0.2, 0.25) is 0 Å². The molecule has 0 spiro atoms. The highest BCUT2D eigenvalue weighted by Gasteiger charge is 2.49. The Morgan fingerprint density at radius 2 is 1.80 bits per heavy atom. The van der Waals surface area contributed by atoms with Gasteiger partial charge in [0.2, 0.25) is 23.6 Å². The van der Waals surface area contributed by atoms with Gasteiger partial charge in [-0.15, -0.1) is 0 Å². The molecule has 3 aliphatic heterocycles. The molecule has 0 bridgehead atoms. The highest BCUT2D eigenvalue weighted by Crippen LogP contribution is 2.39. The van der Waals surface area contributed by atoms with E-state index in [-0.39, 0.29) is 56.6 Å². The van der Waals surface area contributed by atoms with Gasteiger partial charge in [-0.25, -0.2) is 13.6 Å². The first-order valence-corrected chi connectivity index (χ1v) is 17.9. The molecule has 1 aliphatic carbocycles. The lowest BCUT2D eigenvalue weighted by atomic mass is 9.81. The molecule has 278 valence electrons. The van der Waals surface area contributed by atoms with Gasteiger partial charge in [-0.1, -0.05) is 39.0 Å². The second-order valence-corrected chi connectivity index (χ2v) is 15.5. The fourth-order valence-corrected chi connectivity index (χ4v) is 7.86. The number of nitrogens with one attached hydrogen (secondary N) is 2. The molecule has 3 heterocycles. The third-order valence-electron chi connectivity index (χ3n) is 10.5. The SMILES string of the molecule is CCO[C@H]1C[C@@H]2CN(C(=O)[C@@H](NC(=O)[C@H](C)N(CC(C)(C)C)C(=O)O)C3CCC(F)(F)CC3)[C@H](C(=O)N[C@@H]3CCOc4ccccc43)CN2C1. The summed E-state index contributed by atoms with van der Waals surface area (Å²) in [4.78, 5) is 59.7. The predicted octanol–water partition coefficient (Wildman–Crippen LogP) is 4.04. The van der Waals surface area contributed by atoms with Crippen molar-refractivity contribution < 1.29 is 42.5 Å². The van der Waals surface area contributed by atoms with E-state index in [1.165, 1.54) is 11.8 Å². The van der Waals surface area contributed by atoms with E-state index in [0.717, 1.165) is 10.5 Å². The molecule has 2 saturated heterocycles. The summed E-state index contributed by atoms with van der Waals surface area (Å²) in [6.45, 7) is 11.0. The van der Waals surface area contributed by atoms with Crippen molar-refractivity contribution in [2.24, 2.45) is 11.3 Å². The monoisotopic (exact) mass is 705 g/mol. The largest absolute Gasteiger partial charge is 0.493 e. The number of para-hydroxylation sites is 1. The standard InChI is InChI=1S/C36H53F2N5O7/c1-6-49-25-17-24-18-42(28(20-41(24)19-25)32(45)39-27-13-16-50-29-10-8-7-9-26(27)29)33(46)30(23-11-14-36(37,38)15-12-23)40-31(44)22(2)43(34(47)48)21-35(3,4)5/h7-10,22-25,27-28,30H,6,11-21H2,1-5H3,(H,39,45)(H,40,44)(H,47,48)/t22-,24+,25-,27+,28-,30-/m0/s1. The molecule has 0 unspecified atom stereocenters. The molecule has 1 aromatic rings. The van der Waals surface area contributed by atoms with Crippen molar-refractivity contribution in [1.29, 1.82) is 0 Å². The van der Waals surface area contributed by atoms with E-state index in [1.54, 1.807) is 0 Å². The number of amides is 4. The fourth-order valence-electron chi connectivity index (χ4n) is 7.86. The van der Waals surface area contributed by atoms with E-state index < -0.39 is 66.1 Å². The van der Waals surface area contributed by atoms with Gasteiger partial charge in [0.1, 0.15) is 23.9 Å². The van der Waals surface area contributed by atoms with Crippen LogP contribution in [0.25, 0.3) is 0 Å². The maximum atomic E-state index is 14.8. The molecular weight excluding hydrogens is 652 g/mol. The van der Waals surface area contributed by atoms with Crippen LogP contribution in [0.15, 0.2) is 24.3 Å². The Balaban J connectivity index is 1.43. The molecule has 4 aliphatic rings. The van der Waals surface area contributed by atoms with Crippen LogP contribution in [0.3, 0.4) is 0 Å². The molecule has 3 fully saturated rings. The van der Waals surface area contributed by atoms with Crippen LogP contribution in [0, 0.1) is 11.3 Å². The van der Waals surface area contributed by atoms with Crippen LogP contribution >= 0.6 is 0 Å². The maximum absolute atomic E-state index is 14.8. The van der Waals surface area contributed by atoms with Gasteiger partial charge in [0.25, 0.3) is 0 Å². The van der Waals surface area contributed by atoms with E-state index in [9.17, 15) is 33.1 Å². The first kappa shape index (κ1) is 37.7. The Bertz CT molecular complexity index is 1400. The van der Waals surface area contributed by atoms with E-state index >= 15 is 0 Å². The lowest BCUT2D eigenvalue weighted by molar-refractivity contribution is -0.150. The zero-order valence-corrected chi connectivity index (χ0v) is 29.8. The normalized spacial score (nSPS) is 26.5. The molecule has 6 atom stereocenters. The van der Waals surface area contributed by atoms with E-state index in [0.29, 0.717) is 38.3 Å². The molecule has 0 aromatic heterocycles. The summed E-state index contributed by atoms with van der Waals surface area (Å²) in [6.07, 6.45) is -1.02. The van der Waals surface area contributed by atoms with Gasteiger partial charge in [-0.3, -0.25) is 24.2 Å². The number of hydrogen-bond donors (Lipinski definition) is 3. The Morgan fingerprint density at radius 1 is 1.10 bits per heavy atom. The molecule has 50 heavy (non-hydrogen) atoms. The van der Waals surface area contributed by atoms with Crippen molar-refractivity contribution in [3.05, 3.63) is 29.8 Å². The van der Waals surface area contributed by atoms with Gasteiger partial charge in [0, 0.05) is 63.7 Å². The molecule has 3 N–H and O–H groups in total. The smallest absolute Gasteiger partial charge is 0.407 e. The number of halogens is 2. The summed E-state index contributed by atoms with van der Waals surface area (Å²) in [6, 6.07) is 3.76. The molecule has 1 aromatic carbocycles. The lowest BCUT2D eigenvalue weighted by Gasteiger charge is -2.45. The Labute approximate surface area is 293 Å². The van der Waals surface area contributed by atoms with Crippen LogP contribution in [-0.2, 0) is 19.1 Å². The minimum Gasteiger partial charge on any atom is -0.493 e. The topological polar surface area (TPSA) is 141 Å². The van der Waals surface area contributed by atoms with Crippen LogP contribution < -0.4 is 15.4 Å². The minimum absolute atomic E-state index is 0.00572. The first-order chi connectivity index (χ1) is 23.6. The summed E-state index contributed by atoms with van der Waals surface area (Å²) in [5.74, 6) is -4.38. The predicted molar refractivity (Wildman–Crippen MR) is 181 cm³/mol. The third kappa shape index (κ3) is 8.85. The quantitative estimate of drug-likeness (QED) is 0.332. The van der Waals surface area contributed by atoms with Crippen molar-refractivity contribution in [3.63, 3.8) is 0 Å². The van der Waals surface area contributed by atoms with E-state index in [4.69, 9.17) is 9.47 Å². The molecule has 14 heteroatoms. The third-order valence-corrected chi connectivity index (χ3v) is 10.5. The summed E-state index contributed by atoms with van der Waals surface area (Å²) in [5, 5.41) is 15.9. The Hall–Kier alpha value is -3.52. The molecule has 1 saturated carbocycles. The van der Waals surface area contributed by atoms with Crippen LogP contribution in [0.4, 0.5) is 13.6 Å². The van der Waals surface area contributed by atoms with Gasteiger partial charge < -0.3 is 30.1 Å². The molecule has 12 nitrogen and oxygen atoms in total. The number of ether oxygens (including phenoxy) is 2. The zero-order valence-electron chi connectivity index (χ0n) is 29.8. The number of carbonyl (C=O) groups excluding carboxylic acids is 3. The number of hydrogen-bond acceptors (Lipinski definition) is 7. The van der Waals surface area contributed by atoms with Gasteiger partial charge >= 0.3 is 6.09 Å². The van der Waals surface area contributed by atoms with E-state index in [1.807, 2.05) is 52.0 Å². The zero-order chi connectivity index (χ0) is 36.4. The number of fused-ring (bicyclic) bond motifs is 2. The number of alkyl halides is 2. The summed E-state index contributed by atoms with van der Waals surface area (Å²) in [5.41, 5.74) is 0.389. The average Bonchev–Trinajstić information content (AvgIpc) is 3.46. The highest BCUT2D eigenvalue weighted by molar-refractivity contribution is 5.94. The van der Waals surface area contributed by atoms with Crippen LogP contribution in [0.1, 0.15) is 84.7 Å². The van der Waals surface area contributed by atoms with Crippen molar-refractivity contribution in [2.75, 3.05) is 39.4 Å². The summed E-state index contributed by atoms with van der Waals surface area (Å²) in [7, 11) is 0. The van der Waals surface area contributed by atoms with Crippen LogP contribution in [0.5, 0.6) is 5.75 Å². The number of carboxylic acid groups (broad SMARTS) is 1. The Kier molecular flexibility index (Phi) is 11.6.